The second-order valence-electron chi connectivity index (χ2n) is 7.19. The van der Waals surface area contributed by atoms with Gasteiger partial charge in [0.15, 0.2) is 14.1 Å². The summed E-state index contributed by atoms with van der Waals surface area (Å²) in [5.74, 6) is -0.0384. The summed E-state index contributed by atoms with van der Waals surface area (Å²) in [5.41, 5.74) is -1.26. The fourth-order valence-electron chi connectivity index (χ4n) is 2.03. The van der Waals surface area contributed by atoms with E-state index in [1.165, 1.54) is 0 Å². The molecule has 0 saturated heterocycles. The number of aliphatic hydroxyl groups is 1. The molecule has 106 valence electrons. The van der Waals surface area contributed by atoms with Crippen LogP contribution < -0.4 is 0 Å². The van der Waals surface area contributed by atoms with Crippen LogP contribution in [0.15, 0.2) is 0 Å². The Hall–Kier alpha value is -0.193. The van der Waals surface area contributed by atoms with Gasteiger partial charge in [-0.05, 0) is 36.9 Å². The van der Waals surface area contributed by atoms with Gasteiger partial charge >= 0.3 is 0 Å². The van der Waals surface area contributed by atoms with Gasteiger partial charge in [0.25, 0.3) is 0 Å². The lowest BCUT2D eigenvalue weighted by atomic mass is 9.76. The molecule has 1 saturated carbocycles. The van der Waals surface area contributed by atoms with Crippen molar-refractivity contribution in [3.63, 3.8) is 0 Å². The molecule has 0 spiro atoms. The molecule has 0 heterocycles. The molecule has 1 aliphatic rings. The van der Waals surface area contributed by atoms with Crippen LogP contribution in [0, 0.1) is 5.92 Å². The molecule has 0 bridgehead atoms. The maximum absolute atomic E-state index is 12.0. The molecule has 0 radical (unpaired) electrons. The highest BCUT2D eigenvalue weighted by atomic mass is 28.4. The summed E-state index contributed by atoms with van der Waals surface area (Å²) in [7, 11) is -1.91. The van der Waals surface area contributed by atoms with Gasteiger partial charge in [0.05, 0.1) is 6.61 Å². The van der Waals surface area contributed by atoms with Gasteiger partial charge in [0, 0.05) is 6.42 Å². The van der Waals surface area contributed by atoms with Crippen molar-refractivity contribution in [3.05, 3.63) is 0 Å². The third-order valence-electron chi connectivity index (χ3n) is 4.80. The zero-order valence-corrected chi connectivity index (χ0v) is 13.7. The van der Waals surface area contributed by atoms with Gasteiger partial charge in [0.2, 0.25) is 0 Å². The Morgan fingerprint density at radius 1 is 1.44 bits per heavy atom. The van der Waals surface area contributed by atoms with Crippen LogP contribution in [0.2, 0.25) is 18.1 Å². The van der Waals surface area contributed by atoms with Crippen molar-refractivity contribution < 1.29 is 14.3 Å². The second kappa shape index (κ2) is 5.06. The van der Waals surface area contributed by atoms with E-state index in [9.17, 15) is 9.90 Å². The lowest BCUT2D eigenvalue weighted by molar-refractivity contribution is -0.152. The van der Waals surface area contributed by atoms with Crippen LogP contribution in [0.4, 0.5) is 0 Å². The molecule has 0 unspecified atom stereocenters. The van der Waals surface area contributed by atoms with Gasteiger partial charge in [-0.25, -0.2) is 0 Å². The first kappa shape index (κ1) is 15.9. The summed E-state index contributed by atoms with van der Waals surface area (Å²) in [6, 6.07) is 0. The monoisotopic (exact) mass is 272 g/mol. The van der Waals surface area contributed by atoms with E-state index in [0.717, 1.165) is 12.8 Å². The van der Waals surface area contributed by atoms with Crippen LogP contribution in [0.3, 0.4) is 0 Å². The number of carbonyl (C=O) groups excluding carboxylic acids is 1. The van der Waals surface area contributed by atoms with Crippen LogP contribution in [0.25, 0.3) is 0 Å². The minimum Gasteiger partial charge on any atom is -0.413 e. The standard InChI is InChI=1S/C14H28O3Si/c1-11-8-7-9-12(15)14(11,16)10-17-18(5,6)13(2,3)4/h11,16H,7-10H2,1-6H3/t11-,14+/m1/s1. The zero-order valence-electron chi connectivity index (χ0n) is 12.7. The van der Waals surface area contributed by atoms with Crippen molar-refractivity contribution in [1.82, 2.24) is 0 Å². The molecule has 0 aliphatic heterocycles. The van der Waals surface area contributed by atoms with Gasteiger partial charge < -0.3 is 9.53 Å². The Bertz CT molecular complexity index is 319. The minimum absolute atomic E-state index is 0.00326. The number of ketones is 1. The van der Waals surface area contributed by atoms with Crippen LogP contribution in [-0.2, 0) is 9.22 Å². The molecule has 1 fully saturated rings. The van der Waals surface area contributed by atoms with Crippen LogP contribution in [-0.4, -0.2) is 31.4 Å². The highest BCUT2D eigenvalue weighted by Crippen LogP contribution is 2.38. The van der Waals surface area contributed by atoms with E-state index in [0.29, 0.717) is 6.42 Å². The minimum atomic E-state index is -1.91. The van der Waals surface area contributed by atoms with Crippen molar-refractivity contribution in [2.45, 2.75) is 70.7 Å². The van der Waals surface area contributed by atoms with Crippen LogP contribution in [0.1, 0.15) is 47.0 Å². The summed E-state index contributed by atoms with van der Waals surface area (Å²) < 4.78 is 6.05. The van der Waals surface area contributed by atoms with E-state index < -0.39 is 13.9 Å². The first-order chi connectivity index (χ1) is 8.01. The first-order valence-electron chi connectivity index (χ1n) is 6.90. The topological polar surface area (TPSA) is 46.5 Å². The average Bonchev–Trinajstić information content (AvgIpc) is 2.22. The molecule has 0 aromatic carbocycles. The van der Waals surface area contributed by atoms with Crippen molar-refractivity contribution in [2.75, 3.05) is 6.61 Å². The van der Waals surface area contributed by atoms with E-state index in [4.69, 9.17) is 4.43 Å². The van der Waals surface area contributed by atoms with Gasteiger partial charge in [-0.3, -0.25) is 4.79 Å². The third kappa shape index (κ3) is 3.03. The summed E-state index contributed by atoms with van der Waals surface area (Å²) >= 11 is 0. The molecule has 4 heteroatoms. The van der Waals surface area contributed by atoms with Crippen LogP contribution in [0.5, 0.6) is 0 Å². The fourth-order valence-corrected chi connectivity index (χ4v) is 3.04. The predicted molar refractivity (Wildman–Crippen MR) is 76.1 cm³/mol. The number of carbonyl (C=O) groups is 1. The average molecular weight is 272 g/mol. The lowest BCUT2D eigenvalue weighted by Gasteiger charge is -2.42. The van der Waals surface area contributed by atoms with Crippen molar-refractivity contribution in [1.29, 1.82) is 0 Å². The van der Waals surface area contributed by atoms with E-state index in [1.807, 2.05) is 6.92 Å². The highest BCUT2D eigenvalue weighted by Gasteiger charge is 2.46. The molecule has 0 amide bonds. The van der Waals surface area contributed by atoms with Crippen molar-refractivity contribution >= 4 is 14.1 Å². The van der Waals surface area contributed by atoms with Crippen molar-refractivity contribution in [2.24, 2.45) is 5.92 Å². The molecule has 1 rings (SSSR count). The SMILES string of the molecule is C[C@@H]1CCCC(=O)[C@]1(O)CO[Si](C)(C)C(C)(C)C. The molecule has 3 nitrogen and oxygen atoms in total. The molecule has 1 aliphatic carbocycles. The number of rotatable bonds is 3. The Labute approximate surface area is 112 Å². The van der Waals surface area contributed by atoms with Gasteiger partial charge in [0.1, 0.15) is 5.60 Å². The maximum atomic E-state index is 12.0. The summed E-state index contributed by atoms with van der Waals surface area (Å²) in [4.78, 5) is 12.0. The van der Waals surface area contributed by atoms with E-state index in [1.54, 1.807) is 0 Å². The highest BCUT2D eigenvalue weighted by molar-refractivity contribution is 6.74. The van der Waals surface area contributed by atoms with Gasteiger partial charge in [-0.15, -0.1) is 0 Å². The van der Waals surface area contributed by atoms with E-state index in [-0.39, 0.29) is 23.3 Å². The molecule has 18 heavy (non-hydrogen) atoms. The summed E-state index contributed by atoms with van der Waals surface area (Å²) in [6.45, 7) is 12.9. The number of hydrogen-bond donors (Lipinski definition) is 1. The Morgan fingerprint density at radius 2 is 2.00 bits per heavy atom. The zero-order chi connectivity index (χ0) is 14.2. The smallest absolute Gasteiger partial charge is 0.192 e. The molecular formula is C14H28O3Si. The number of Topliss-reactive ketones (excluding diaryl/α,β-unsaturated/α-hetero) is 1. The van der Waals surface area contributed by atoms with Gasteiger partial charge in [-0.1, -0.05) is 27.7 Å². The largest absolute Gasteiger partial charge is 0.413 e. The van der Waals surface area contributed by atoms with Crippen LogP contribution >= 0.6 is 0 Å². The van der Waals surface area contributed by atoms with Gasteiger partial charge in [-0.2, -0.15) is 0 Å². The van der Waals surface area contributed by atoms with E-state index >= 15 is 0 Å². The van der Waals surface area contributed by atoms with E-state index in [2.05, 4.69) is 33.9 Å². The summed E-state index contributed by atoms with van der Waals surface area (Å²) in [5, 5.41) is 10.7. The molecule has 1 N–H and O–H groups in total. The molecule has 2 atom stereocenters. The molecule has 0 aromatic rings. The first-order valence-corrected chi connectivity index (χ1v) is 9.81. The normalized spacial score (nSPS) is 30.6. The Balaban J connectivity index is 2.75. The number of hydrogen-bond acceptors (Lipinski definition) is 3. The second-order valence-corrected chi connectivity index (χ2v) is 12.0. The Kier molecular flexibility index (Phi) is 4.46. The molecule has 0 aromatic heterocycles. The predicted octanol–water partition coefficient (Wildman–Crippen LogP) is 3.13. The van der Waals surface area contributed by atoms with Crippen molar-refractivity contribution in [3.8, 4) is 0 Å². The third-order valence-corrected chi connectivity index (χ3v) is 9.28. The lowest BCUT2D eigenvalue weighted by Crippen LogP contribution is -2.54. The fraction of sp³-hybridized carbons (Fsp3) is 0.929. The maximum Gasteiger partial charge on any atom is 0.192 e. The summed E-state index contributed by atoms with van der Waals surface area (Å²) in [6.07, 6.45) is 2.28. The quantitative estimate of drug-likeness (QED) is 0.803. The molecular weight excluding hydrogens is 244 g/mol. The Morgan fingerprint density at radius 3 is 2.44 bits per heavy atom.